The van der Waals surface area contributed by atoms with Crippen LogP contribution in [0.5, 0.6) is 0 Å². The molecule has 0 aliphatic carbocycles. The average molecular weight is 277 g/mol. The third kappa shape index (κ3) is 2.53. The Labute approximate surface area is 115 Å². The number of pyridine rings is 1. The van der Waals surface area contributed by atoms with Crippen molar-refractivity contribution in [2.24, 2.45) is 7.05 Å². The normalized spacial score (nSPS) is 11.1. The van der Waals surface area contributed by atoms with E-state index in [4.69, 9.17) is 11.6 Å². The smallest absolute Gasteiger partial charge is 0.243 e. The van der Waals surface area contributed by atoms with Gasteiger partial charge in [-0.1, -0.05) is 11.6 Å². The Morgan fingerprint density at radius 1 is 1.37 bits per heavy atom. The minimum absolute atomic E-state index is 0.594. The zero-order valence-electron chi connectivity index (χ0n) is 10.4. The van der Waals surface area contributed by atoms with Crippen LogP contribution in [0.15, 0.2) is 30.7 Å². The van der Waals surface area contributed by atoms with Crippen LogP contribution in [0.3, 0.4) is 0 Å². The van der Waals surface area contributed by atoms with Gasteiger partial charge in [0.25, 0.3) is 0 Å². The minimum Gasteiger partial charge on any atom is -0.352 e. The van der Waals surface area contributed by atoms with Crippen LogP contribution in [0.2, 0.25) is 5.02 Å². The molecule has 0 fully saturated rings. The lowest BCUT2D eigenvalue weighted by Crippen LogP contribution is -2.09. The Bertz CT molecular complexity index is 701. The molecule has 1 N–H and O–H groups in total. The number of anilines is 1. The summed E-state index contributed by atoms with van der Waals surface area (Å²) < 4.78 is 3.66. The molecule has 0 spiro atoms. The van der Waals surface area contributed by atoms with Gasteiger partial charge in [0.2, 0.25) is 5.95 Å². The third-order valence-electron chi connectivity index (χ3n) is 2.85. The van der Waals surface area contributed by atoms with Crippen LogP contribution in [0.25, 0.3) is 5.65 Å². The van der Waals surface area contributed by atoms with Crippen LogP contribution in [0.1, 0.15) is 5.82 Å². The van der Waals surface area contributed by atoms with E-state index in [1.807, 2.05) is 23.9 Å². The SMILES string of the molecule is Cn1ccnc1CCNc1nc2ccc(Cl)cn2n1. The summed E-state index contributed by atoms with van der Waals surface area (Å²) in [6.45, 7) is 0.732. The molecular formula is C12H13ClN6. The van der Waals surface area contributed by atoms with E-state index < -0.39 is 0 Å². The third-order valence-corrected chi connectivity index (χ3v) is 3.07. The zero-order valence-corrected chi connectivity index (χ0v) is 11.2. The van der Waals surface area contributed by atoms with E-state index in [0.717, 1.165) is 24.4 Å². The van der Waals surface area contributed by atoms with Gasteiger partial charge in [0, 0.05) is 38.6 Å². The summed E-state index contributed by atoms with van der Waals surface area (Å²) >= 11 is 5.90. The molecule has 0 bridgehead atoms. The van der Waals surface area contributed by atoms with Crippen LogP contribution >= 0.6 is 11.6 Å². The van der Waals surface area contributed by atoms with Gasteiger partial charge >= 0.3 is 0 Å². The Morgan fingerprint density at radius 2 is 2.26 bits per heavy atom. The lowest BCUT2D eigenvalue weighted by molar-refractivity contribution is 0.786. The van der Waals surface area contributed by atoms with Crippen molar-refractivity contribution >= 4 is 23.2 Å². The van der Waals surface area contributed by atoms with Crippen LogP contribution in [-0.2, 0) is 13.5 Å². The molecule has 0 amide bonds. The highest BCUT2D eigenvalue weighted by Crippen LogP contribution is 2.11. The molecule has 0 atom stereocenters. The number of fused-ring (bicyclic) bond motifs is 1. The fraction of sp³-hybridized carbons (Fsp3) is 0.250. The summed E-state index contributed by atoms with van der Waals surface area (Å²) in [6.07, 6.45) is 6.27. The van der Waals surface area contributed by atoms with Crippen molar-refractivity contribution < 1.29 is 0 Å². The van der Waals surface area contributed by atoms with Gasteiger partial charge in [0.05, 0.1) is 5.02 Å². The van der Waals surface area contributed by atoms with Gasteiger partial charge in [-0.05, 0) is 12.1 Å². The molecule has 6 nitrogen and oxygen atoms in total. The van der Waals surface area contributed by atoms with Crippen molar-refractivity contribution in [2.75, 3.05) is 11.9 Å². The number of imidazole rings is 1. The molecule has 98 valence electrons. The van der Waals surface area contributed by atoms with E-state index in [0.29, 0.717) is 11.0 Å². The number of halogens is 1. The summed E-state index contributed by atoms with van der Waals surface area (Å²) in [4.78, 5) is 8.61. The molecular weight excluding hydrogens is 264 g/mol. The largest absolute Gasteiger partial charge is 0.352 e. The first-order valence-corrected chi connectivity index (χ1v) is 6.32. The predicted octanol–water partition coefficient (Wildman–Crippen LogP) is 1.77. The highest BCUT2D eigenvalue weighted by molar-refractivity contribution is 6.30. The molecule has 7 heteroatoms. The first kappa shape index (κ1) is 12.0. The monoisotopic (exact) mass is 276 g/mol. The quantitative estimate of drug-likeness (QED) is 0.789. The molecule has 0 aromatic carbocycles. The number of rotatable bonds is 4. The number of aryl methyl sites for hydroxylation is 1. The topological polar surface area (TPSA) is 60.0 Å². The molecule has 0 radical (unpaired) electrons. The van der Waals surface area contributed by atoms with E-state index in [1.54, 1.807) is 23.0 Å². The predicted molar refractivity (Wildman–Crippen MR) is 73.4 cm³/mol. The van der Waals surface area contributed by atoms with Crippen LogP contribution in [0, 0.1) is 0 Å². The van der Waals surface area contributed by atoms with Crippen molar-refractivity contribution in [3.63, 3.8) is 0 Å². The van der Waals surface area contributed by atoms with Crippen LogP contribution in [0.4, 0.5) is 5.95 Å². The van der Waals surface area contributed by atoms with Crippen LogP contribution in [-0.4, -0.2) is 30.7 Å². The second kappa shape index (κ2) is 4.89. The minimum atomic E-state index is 0.594. The van der Waals surface area contributed by atoms with Gasteiger partial charge in [-0.15, -0.1) is 5.10 Å². The van der Waals surface area contributed by atoms with Crippen molar-refractivity contribution in [3.8, 4) is 0 Å². The number of nitrogens with zero attached hydrogens (tertiary/aromatic N) is 5. The van der Waals surface area contributed by atoms with Gasteiger partial charge < -0.3 is 9.88 Å². The summed E-state index contributed by atoms with van der Waals surface area (Å²) in [5.74, 6) is 1.62. The molecule has 3 rings (SSSR count). The van der Waals surface area contributed by atoms with Crippen molar-refractivity contribution in [2.45, 2.75) is 6.42 Å². The Balaban J connectivity index is 1.67. The second-order valence-electron chi connectivity index (χ2n) is 4.22. The molecule has 3 aromatic rings. The average Bonchev–Trinajstić information content (AvgIpc) is 2.95. The molecule has 0 aliphatic heterocycles. The molecule has 3 heterocycles. The van der Waals surface area contributed by atoms with Crippen LogP contribution < -0.4 is 5.32 Å². The molecule has 0 unspecified atom stereocenters. The maximum Gasteiger partial charge on any atom is 0.243 e. The summed E-state index contributed by atoms with van der Waals surface area (Å²) in [5, 5.41) is 8.11. The van der Waals surface area contributed by atoms with Crippen molar-refractivity contribution in [3.05, 3.63) is 41.6 Å². The maximum atomic E-state index is 5.90. The Kier molecular flexibility index (Phi) is 3.08. The van der Waals surface area contributed by atoms with Gasteiger partial charge in [-0.2, -0.15) is 4.98 Å². The first-order valence-electron chi connectivity index (χ1n) is 5.94. The lowest BCUT2D eigenvalue weighted by atomic mass is 10.4. The number of aromatic nitrogens is 5. The van der Waals surface area contributed by atoms with E-state index >= 15 is 0 Å². The molecule has 3 aromatic heterocycles. The second-order valence-corrected chi connectivity index (χ2v) is 4.65. The van der Waals surface area contributed by atoms with Gasteiger partial charge in [0.1, 0.15) is 5.82 Å². The highest BCUT2D eigenvalue weighted by atomic mass is 35.5. The van der Waals surface area contributed by atoms with Gasteiger partial charge in [-0.25, -0.2) is 9.50 Å². The Morgan fingerprint density at radius 3 is 3.05 bits per heavy atom. The zero-order chi connectivity index (χ0) is 13.2. The summed E-state index contributed by atoms with van der Waals surface area (Å²) in [7, 11) is 1.98. The number of hydrogen-bond donors (Lipinski definition) is 1. The fourth-order valence-corrected chi connectivity index (χ4v) is 2.01. The summed E-state index contributed by atoms with van der Waals surface area (Å²) in [5.41, 5.74) is 0.767. The van der Waals surface area contributed by atoms with E-state index in [-0.39, 0.29) is 0 Å². The first-order chi connectivity index (χ1) is 9.22. The molecule has 0 saturated heterocycles. The molecule has 0 saturated carbocycles. The molecule has 0 aliphatic rings. The van der Waals surface area contributed by atoms with E-state index in [2.05, 4.69) is 20.4 Å². The number of hydrogen-bond acceptors (Lipinski definition) is 4. The van der Waals surface area contributed by atoms with Gasteiger partial charge in [0.15, 0.2) is 5.65 Å². The fourth-order valence-electron chi connectivity index (χ4n) is 1.86. The number of nitrogens with one attached hydrogen (secondary N) is 1. The van der Waals surface area contributed by atoms with Crippen molar-refractivity contribution in [1.82, 2.24) is 24.1 Å². The van der Waals surface area contributed by atoms with E-state index in [1.165, 1.54) is 0 Å². The van der Waals surface area contributed by atoms with Gasteiger partial charge in [-0.3, -0.25) is 0 Å². The van der Waals surface area contributed by atoms with Crippen molar-refractivity contribution in [1.29, 1.82) is 0 Å². The summed E-state index contributed by atoms with van der Waals surface area (Å²) in [6, 6.07) is 3.63. The highest BCUT2D eigenvalue weighted by Gasteiger charge is 2.04. The van der Waals surface area contributed by atoms with E-state index in [9.17, 15) is 0 Å². The molecule has 19 heavy (non-hydrogen) atoms. The maximum absolute atomic E-state index is 5.90. The standard InChI is InChI=1S/C12H13ClN6/c1-18-7-6-14-10(18)4-5-15-12-16-11-3-2-9(13)8-19(11)17-12/h2-3,6-8H,4-5H2,1H3,(H,15,17). The Hall–Kier alpha value is -2.08. The lowest BCUT2D eigenvalue weighted by Gasteiger charge is -2.01.